The van der Waals surface area contributed by atoms with Crippen molar-refractivity contribution in [1.82, 2.24) is 15.1 Å². The maximum atomic E-state index is 11.3. The minimum Gasteiger partial charge on any atom is -0.326 e. The normalized spacial score (nSPS) is 14.9. The summed E-state index contributed by atoms with van der Waals surface area (Å²) in [6, 6.07) is 1.87. The van der Waals surface area contributed by atoms with Crippen molar-refractivity contribution < 1.29 is 9.46 Å². The van der Waals surface area contributed by atoms with E-state index in [0.717, 1.165) is 22.8 Å². The fourth-order valence-corrected chi connectivity index (χ4v) is 2.88. The Kier molecular flexibility index (Phi) is 4.28. The molecule has 0 aliphatic rings. The largest absolute Gasteiger partial charge is 0.326 e. The van der Waals surface area contributed by atoms with Gasteiger partial charge in [0.15, 0.2) is 0 Å². The number of aryl methyl sites for hydroxylation is 2. The monoisotopic (exact) mass is 247 g/mol. The lowest BCUT2D eigenvalue weighted by Gasteiger charge is -2.08. The Labute approximate surface area is 93.0 Å². The lowest BCUT2D eigenvalue weighted by Crippen LogP contribution is -2.01. The van der Waals surface area contributed by atoms with Crippen LogP contribution in [0.2, 0.25) is 0 Å². The minimum absolute atomic E-state index is 0.330. The van der Waals surface area contributed by atoms with E-state index in [-0.39, 0.29) is 0 Å². The maximum absolute atomic E-state index is 11.3. The highest BCUT2D eigenvalue weighted by Gasteiger charge is 2.16. The van der Waals surface area contributed by atoms with Gasteiger partial charge < -0.3 is 4.89 Å². The molecule has 5 nitrogen and oxygen atoms in total. The second-order valence-electron chi connectivity index (χ2n) is 3.08. The van der Waals surface area contributed by atoms with Crippen molar-refractivity contribution in [3.63, 3.8) is 0 Å². The lowest BCUT2D eigenvalue weighted by atomic mass is 10.3. The predicted molar refractivity (Wildman–Crippen MR) is 61.7 cm³/mol. The fourth-order valence-electron chi connectivity index (χ4n) is 1.07. The van der Waals surface area contributed by atoms with Crippen LogP contribution in [0.5, 0.6) is 0 Å². The molecule has 0 aliphatic carbocycles. The topological polar surface area (TPSA) is 75.1 Å². The average Bonchev–Trinajstić information content (AvgIpc) is 2.14. The number of hydrogen-bond donors (Lipinski definition) is 2. The third kappa shape index (κ3) is 4.30. The summed E-state index contributed by atoms with van der Waals surface area (Å²) in [4.78, 5) is 17.6. The minimum atomic E-state index is -3.28. The fraction of sp³-hybridized carbons (Fsp3) is 0.500. The van der Waals surface area contributed by atoms with Gasteiger partial charge in [0.2, 0.25) is 0 Å². The molecule has 1 rings (SSSR count). The number of rotatable bonds is 4. The molecule has 0 radical (unpaired) electrons. The summed E-state index contributed by atoms with van der Waals surface area (Å²) in [5.74, 6) is 0.916. The highest BCUT2D eigenvalue weighted by molar-refractivity contribution is 8.55. The zero-order valence-electron chi connectivity index (χ0n) is 8.89. The number of aromatic nitrogens is 2. The summed E-state index contributed by atoms with van der Waals surface area (Å²) < 4.78 is 11.3. The van der Waals surface area contributed by atoms with E-state index in [1.54, 1.807) is 0 Å². The highest BCUT2D eigenvalue weighted by atomic mass is 32.7. The van der Waals surface area contributed by atoms with Crippen molar-refractivity contribution in [2.24, 2.45) is 0 Å². The summed E-state index contributed by atoms with van der Waals surface area (Å²) in [5, 5.41) is 2.36. The maximum Gasteiger partial charge on any atom is 0.324 e. The third-order valence-electron chi connectivity index (χ3n) is 1.68. The molecular weight excluding hydrogens is 233 g/mol. The quantitative estimate of drug-likeness (QED) is 0.788. The summed E-state index contributed by atoms with van der Waals surface area (Å²) in [6.45, 7) is 0.466. The van der Waals surface area contributed by atoms with E-state index in [4.69, 9.17) is 0 Å². The second-order valence-corrected chi connectivity index (χ2v) is 7.38. The van der Waals surface area contributed by atoms with E-state index < -0.39 is 6.72 Å². The average molecular weight is 247 g/mol. The number of hydrogen-bond acceptors (Lipinski definition) is 4. The molecule has 1 atom stereocenters. The van der Waals surface area contributed by atoms with Crippen LogP contribution in [0.15, 0.2) is 6.07 Å². The van der Waals surface area contributed by atoms with Crippen LogP contribution in [0.1, 0.15) is 17.2 Å². The highest BCUT2D eigenvalue weighted by Crippen LogP contribution is 2.51. The molecule has 0 aromatic carbocycles. The molecule has 0 saturated heterocycles. The first-order chi connectivity index (χ1) is 6.93. The van der Waals surface area contributed by atoms with Crippen molar-refractivity contribution in [3.8, 4) is 0 Å². The Morgan fingerprint density at radius 2 is 2.00 bits per heavy atom. The van der Waals surface area contributed by atoms with Gasteiger partial charge in [-0.3, -0.25) is 4.57 Å². The van der Waals surface area contributed by atoms with Crippen LogP contribution in [0.3, 0.4) is 0 Å². The molecule has 1 aromatic rings. The number of nitrogens with one attached hydrogen (secondary N) is 1. The van der Waals surface area contributed by atoms with Crippen molar-refractivity contribution in [1.29, 1.82) is 0 Å². The van der Waals surface area contributed by atoms with E-state index >= 15 is 0 Å². The summed E-state index contributed by atoms with van der Waals surface area (Å²) in [7, 11) is 1.45. The van der Waals surface area contributed by atoms with Crippen LogP contribution < -0.4 is 5.09 Å². The first-order valence-electron chi connectivity index (χ1n) is 4.40. The van der Waals surface area contributed by atoms with Crippen molar-refractivity contribution in [2.45, 2.75) is 19.6 Å². The van der Waals surface area contributed by atoms with Crippen molar-refractivity contribution in [3.05, 3.63) is 23.3 Å². The van der Waals surface area contributed by atoms with Gasteiger partial charge in [0.05, 0.1) is 5.75 Å². The molecule has 0 spiro atoms. The van der Waals surface area contributed by atoms with Crippen LogP contribution in [0, 0.1) is 13.8 Å². The molecule has 0 saturated carbocycles. The van der Waals surface area contributed by atoms with Crippen LogP contribution in [-0.4, -0.2) is 21.9 Å². The van der Waals surface area contributed by atoms with Crippen LogP contribution >= 0.6 is 18.1 Å². The van der Waals surface area contributed by atoms with Crippen molar-refractivity contribution >= 4 is 18.1 Å². The third-order valence-corrected chi connectivity index (χ3v) is 4.97. The molecule has 1 heterocycles. The van der Waals surface area contributed by atoms with Crippen LogP contribution in [0.25, 0.3) is 0 Å². The molecule has 0 aliphatic heterocycles. The first-order valence-corrected chi connectivity index (χ1v) is 7.65. The smallest absolute Gasteiger partial charge is 0.324 e. The molecule has 0 bridgehead atoms. The van der Waals surface area contributed by atoms with Gasteiger partial charge in [0.25, 0.3) is 0 Å². The van der Waals surface area contributed by atoms with E-state index in [1.807, 2.05) is 19.9 Å². The number of nitrogens with zero attached hydrogens (tertiary/aromatic N) is 2. The first kappa shape index (κ1) is 12.6. The second kappa shape index (κ2) is 5.07. The lowest BCUT2D eigenvalue weighted by molar-refractivity contribution is 0.488. The Hall–Kier alpha value is -0.420. The summed E-state index contributed by atoms with van der Waals surface area (Å²) in [6.07, 6.45) is 0. The summed E-state index contributed by atoms with van der Waals surface area (Å²) in [5.41, 5.74) is 1.74. The van der Waals surface area contributed by atoms with Gasteiger partial charge in [0.1, 0.15) is 5.82 Å². The molecule has 84 valence electrons. The van der Waals surface area contributed by atoms with E-state index in [9.17, 15) is 9.46 Å². The molecule has 0 fully saturated rings. The SMILES string of the molecule is CNP(=O)(O)SCc1nc(C)cc(C)n1. The van der Waals surface area contributed by atoms with Gasteiger partial charge in [-0.2, -0.15) is 0 Å². The Morgan fingerprint density at radius 3 is 2.47 bits per heavy atom. The van der Waals surface area contributed by atoms with E-state index in [2.05, 4.69) is 15.1 Å². The zero-order chi connectivity index (χ0) is 11.5. The Balaban J connectivity index is 2.70. The van der Waals surface area contributed by atoms with Gasteiger partial charge in [-0.05, 0) is 38.3 Å². The van der Waals surface area contributed by atoms with Crippen LogP contribution in [0.4, 0.5) is 0 Å². The molecule has 1 unspecified atom stereocenters. The van der Waals surface area contributed by atoms with Gasteiger partial charge in [0, 0.05) is 11.4 Å². The van der Waals surface area contributed by atoms with E-state index in [0.29, 0.717) is 11.6 Å². The molecule has 15 heavy (non-hydrogen) atoms. The standard InChI is InChI=1S/C8H14N3O2PS/c1-6-4-7(2)11-8(10-6)5-15-14(12,13)9-3/h4H,5H2,1-3H3,(H2,9,12,13). The molecular formula is C8H14N3O2PS. The van der Waals surface area contributed by atoms with Gasteiger partial charge in [-0.1, -0.05) is 0 Å². The summed E-state index contributed by atoms with van der Waals surface area (Å²) >= 11 is 0.924. The molecule has 2 N–H and O–H groups in total. The van der Waals surface area contributed by atoms with Gasteiger partial charge in [-0.25, -0.2) is 15.1 Å². The Morgan fingerprint density at radius 1 is 1.47 bits per heavy atom. The van der Waals surface area contributed by atoms with Crippen LogP contribution in [-0.2, 0) is 10.3 Å². The van der Waals surface area contributed by atoms with Gasteiger partial charge in [-0.15, -0.1) is 0 Å². The molecule has 7 heteroatoms. The van der Waals surface area contributed by atoms with Gasteiger partial charge >= 0.3 is 6.72 Å². The van der Waals surface area contributed by atoms with E-state index in [1.165, 1.54) is 7.05 Å². The Bertz CT molecular complexity index is 379. The predicted octanol–water partition coefficient (Wildman–Crippen LogP) is 1.65. The zero-order valence-corrected chi connectivity index (χ0v) is 10.6. The molecule has 1 aromatic heterocycles. The molecule has 0 amide bonds. The van der Waals surface area contributed by atoms with Crippen molar-refractivity contribution in [2.75, 3.05) is 7.05 Å².